The molecule has 0 aliphatic heterocycles. The Bertz CT molecular complexity index is 1030. The second kappa shape index (κ2) is 38.7. The van der Waals surface area contributed by atoms with Crippen LogP contribution >= 0.6 is 0 Å². The largest absolute Gasteiger partial charge is 0.481 e. The molecule has 57 heavy (non-hydrogen) atoms. The van der Waals surface area contributed by atoms with Crippen LogP contribution in [0.25, 0.3) is 0 Å². The highest BCUT2D eigenvalue weighted by Crippen LogP contribution is 2.15. The third-order valence-corrected chi connectivity index (χ3v) is 8.83. The maximum atomic E-state index is 12.9. The molecule has 0 aromatic carbocycles. The summed E-state index contributed by atoms with van der Waals surface area (Å²) in [6.45, 7) is 9.71. The number of aliphatic carboxylic acids is 1. The average Bonchev–Trinajstić information content (AvgIpc) is 3.15. The van der Waals surface area contributed by atoms with Gasteiger partial charge in [-0.1, -0.05) is 77.0 Å². The Hall–Kier alpha value is -2.85. The molecule has 15 heteroatoms. The standard InChI is InChI=1S/C42H80N4O11/c1-42(2,3)57-41(52)36(46-39(49)21-16-14-12-10-8-6-4-5-7-9-11-13-15-17-22-40(50)51)20-18-19-26-44-37(47)23-28-54-33-35-56-31-27-45-38(48)24-29-53-32-34-55-30-25-43/h36H,4-35,43H2,1-3H3,(H,44,47)(H,45,48)(H,46,49)(H,50,51)/t36-/m0/s1. The molecule has 0 rings (SSSR count). The number of hydrogen-bond acceptors (Lipinski definition) is 11. The van der Waals surface area contributed by atoms with Crippen LogP contribution in [0.3, 0.4) is 0 Å². The van der Waals surface area contributed by atoms with Gasteiger partial charge in [-0.2, -0.15) is 0 Å². The van der Waals surface area contributed by atoms with E-state index in [0.717, 1.165) is 38.5 Å². The predicted octanol–water partition coefficient (Wildman–Crippen LogP) is 5.35. The summed E-state index contributed by atoms with van der Waals surface area (Å²) in [7, 11) is 0. The molecule has 3 amide bonds. The summed E-state index contributed by atoms with van der Waals surface area (Å²) in [5, 5.41) is 17.2. The number of carboxylic acids is 1. The van der Waals surface area contributed by atoms with E-state index in [0.29, 0.717) is 91.6 Å². The number of unbranched alkanes of at least 4 members (excludes halogenated alkanes) is 14. The van der Waals surface area contributed by atoms with Crippen molar-refractivity contribution in [2.45, 2.75) is 167 Å². The molecule has 6 N–H and O–H groups in total. The fraction of sp³-hybridized carbons (Fsp3) is 0.881. The second-order valence-corrected chi connectivity index (χ2v) is 15.4. The monoisotopic (exact) mass is 817 g/mol. The minimum absolute atomic E-state index is 0.114. The van der Waals surface area contributed by atoms with Crippen LogP contribution in [0.1, 0.15) is 156 Å². The van der Waals surface area contributed by atoms with Crippen LogP contribution in [-0.2, 0) is 47.7 Å². The molecule has 1 atom stereocenters. The van der Waals surface area contributed by atoms with Crippen LogP contribution in [-0.4, -0.2) is 119 Å². The summed E-state index contributed by atoms with van der Waals surface area (Å²) in [4.78, 5) is 60.1. The number of ether oxygens (including phenoxy) is 5. The van der Waals surface area contributed by atoms with Crippen LogP contribution in [0.2, 0.25) is 0 Å². The minimum atomic E-state index is -0.728. The van der Waals surface area contributed by atoms with Crippen molar-refractivity contribution in [3.8, 4) is 0 Å². The Morgan fingerprint density at radius 1 is 0.509 bits per heavy atom. The van der Waals surface area contributed by atoms with Gasteiger partial charge in [-0.3, -0.25) is 19.2 Å². The number of esters is 1. The van der Waals surface area contributed by atoms with Gasteiger partial charge in [0.1, 0.15) is 11.6 Å². The van der Waals surface area contributed by atoms with Crippen molar-refractivity contribution in [1.29, 1.82) is 0 Å². The fourth-order valence-corrected chi connectivity index (χ4v) is 5.77. The van der Waals surface area contributed by atoms with Gasteiger partial charge >= 0.3 is 11.9 Å². The molecule has 0 aromatic heterocycles. The van der Waals surface area contributed by atoms with Crippen molar-refractivity contribution in [2.75, 3.05) is 72.5 Å². The van der Waals surface area contributed by atoms with Crippen LogP contribution in [0.15, 0.2) is 0 Å². The highest BCUT2D eigenvalue weighted by atomic mass is 16.6. The van der Waals surface area contributed by atoms with Gasteiger partial charge in [-0.05, 0) is 52.9 Å². The number of carbonyl (C=O) groups excluding carboxylic acids is 4. The molecule has 0 heterocycles. The summed E-state index contributed by atoms with van der Waals surface area (Å²) >= 11 is 0. The van der Waals surface area contributed by atoms with Crippen LogP contribution in [0.5, 0.6) is 0 Å². The number of carboxylic acid groups (broad SMARTS) is 1. The van der Waals surface area contributed by atoms with Gasteiger partial charge < -0.3 is 50.5 Å². The molecule has 15 nitrogen and oxygen atoms in total. The van der Waals surface area contributed by atoms with E-state index in [1.807, 2.05) is 0 Å². The summed E-state index contributed by atoms with van der Waals surface area (Å²) in [5.74, 6) is -1.53. The molecule has 0 saturated carbocycles. The molecule has 0 fully saturated rings. The third-order valence-electron chi connectivity index (χ3n) is 8.83. The first kappa shape index (κ1) is 54.2. The van der Waals surface area contributed by atoms with Crippen LogP contribution < -0.4 is 21.7 Å². The number of nitrogens with one attached hydrogen (secondary N) is 3. The van der Waals surface area contributed by atoms with E-state index in [4.69, 9.17) is 34.5 Å². The predicted molar refractivity (Wildman–Crippen MR) is 221 cm³/mol. The summed E-state index contributed by atoms with van der Waals surface area (Å²) < 4.78 is 27.0. The lowest BCUT2D eigenvalue weighted by Gasteiger charge is -2.24. The highest BCUT2D eigenvalue weighted by Gasteiger charge is 2.26. The highest BCUT2D eigenvalue weighted by molar-refractivity contribution is 5.84. The summed E-state index contributed by atoms with van der Waals surface area (Å²) in [6.07, 6.45) is 18.5. The number of hydrogen-bond donors (Lipinski definition) is 5. The molecule has 0 radical (unpaired) electrons. The fourth-order valence-electron chi connectivity index (χ4n) is 5.77. The van der Waals surface area contributed by atoms with Crippen molar-refractivity contribution < 1.29 is 52.8 Å². The molecule has 0 aliphatic rings. The lowest BCUT2D eigenvalue weighted by atomic mass is 10.0. The Kier molecular flexibility index (Phi) is 36.7. The Labute approximate surface area is 343 Å². The molecular formula is C42H80N4O11. The zero-order chi connectivity index (χ0) is 42.2. The zero-order valence-electron chi connectivity index (χ0n) is 35.8. The topological polar surface area (TPSA) is 214 Å². The summed E-state index contributed by atoms with van der Waals surface area (Å²) in [5.41, 5.74) is 4.67. The molecule has 334 valence electrons. The van der Waals surface area contributed by atoms with Crippen LogP contribution in [0.4, 0.5) is 0 Å². The smallest absolute Gasteiger partial charge is 0.329 e. The van der Waals surface area contributed by atoms with Crippen molar-refractivity contribution in [2.24, 2.45) is 5.73 Å². The van der Waals surface area contributed by atoms with E-state index < -0.39 is 23.6 Å². The van der Waals surface area contributed by atoms with Gasteiger partial charge in [-0.15, -0.1) is 0 Å². The number of carbonyl (C=O) groups is 5. The maximum absolute atomic E-state index is 12.9. The van der Waals surface area contributed by atoms with E-state index >= 15 is 0 Å². The lowest BCUT2D eigenvalue weighted by molar-refractivity contribution is -0.159. The average molecular weight is 817 g/mol. The molecule has 0 aliphatic carbocycles. The lowest BCUT2D eigenvalue weighted by Crippen LogP contribution is -2.44. The minimum Gasteiger partial charge on any atom is -0.481 e. The SMILES string of the molecule is CC(C)(C)OC(=O)[C@H](CCCCNC(=O)CCOCCOCCNC(=O)CCOCCOCCN)NC(=O)CCCCCCCCCCCCCCCCC(=O)O. The van der Waals surface area contributed by atoms with Gasteiger partial charge in [0, 0.05) is 45.3 Å². The third kappa shape index (κ3) is 41.1. The van der Waals surface area contributed by atoms with Crippen molar-refractivity contribution in [3.63, 3.8) is 0 Å². The molecular weight excluding hydrogens is 736 g/mol. The van der Waals surface area contributed by atoms with Crippen molar-refractivity contribution >= 4 is 29.7 Å². The molecule has 0 bridgehead atoms. The molecule has 0 unspecified atom stereocenters. The van der Waals surface area contributed by atoms with E-state index in [2.05, 4.69) is 16.0 Å². The van der Waals surface area contributed by atoms with E-state index in [1.165, 1.54) is 51.4 Å². The van der Waals surface area contributed by atoms with Gasteiger partial charge in [0.15, 0.2) is 0 Å². The van der Waals surface area contributed by atoms with Crippen molar-refractivity contribution in [3.05, 3.63) is 0 Å². The van der Waals surface area contributed by atoms with Gasteiger partial charge in [0.25, 0.3) is 0 Å². The van der Waals surface area contributed by atoms with E-state index in [1.54, 1.807) is 20.8 Å². The van der Waals surface area contributed by atoms with Gasteiger partial charge in [-0.25, -0.2) is 4.79 Å². The van der Waals surface area contributed by atoms with E-state index in [9.17, 15) is 24.0 Å². The maximum Gasteiger partial charge on any atom is 0.329 e. The number of rotatable bonds is 41. The van der Waals surface area contributed by atoms with E-state index in [-0.39, 0.29) is 43.6 Å². The zero-order valence-corrected chi connectivity index (χ0v) is 35.8. The molecule has 0 aromatic rings. The van der Waals surface area contributed by atoms with Gasteiger partial charge in [0.05, 0.1) is 52.9 Å². The first-order valence-corrected chi connectivity index (χ1v) is 21.7. The van der Waals surface area contributed by atoms with Gasteiger partial charge in [0.2, 0.25) is 17.7 Å². The first-order chi connectivity index (χ1) is 27.4. The quantitative estimate of drug-likeness (QED) is 0.0391. The number of amides is 3. The normalized spacial score (nSPS) is 11.9. The Morgan fingerprint density at radius 3 is 1.42 bits per heavy atom. The second-order valence-electron chi connectivity index (χ2n) is 15.4. The molecule has 0 saturated heterocycles. The van der Waals surface area contributed by atoms with Crippen LogP contribution in [0, 0.1) is 0 Å². The first-order valence-electron chi connectivity index (χ1n) is 21.7. The Balaban J connectivity index is 3.94. The summed E-state index contributed by atoms with van der Waals surface area (Å²) in [6, 6.07) is -0.728. The number of nitrogens with two attached hydrogens (primary N) is 1. The molecule has 0 spiro atoms. The Morgan fingerprint density at radius 2 is 0.947 bits per heavy atom. The van der Waals surface area contributed by atoms with Crippen molar-refractivity contribution in [1.82, 2.24) is 16.0 Å².